The van der Waals surface area contributed by atoms with Gasteiger partial charge in [0.15, 0.2) is 6.61 Å². The molecule has 0 saturated carbocycles. The van der Waals surface area contributed by atoms with E-state index in [9.17, 15) is 19.2 Å². The van der Waals surface area contributed by atoms with Crippen molar-refractivity contribution in [1.29, 1.82) is 0 Å². The number of aromatic nitrogens is 2. The van der Waals surface area contributed by atoms with E-state index in [0.717, 1.165) is 12.8 Å². The molecule has 0 saturated heterocycles. The predicted octanol–water partition coefficient (Wildman–Crippen LogP) is 2.48. The van der Waals surface area contributed by atoms with Crippen LogP contribution >= 0.6 is 0 Å². The van der Waals surface area contributed by atoms with Crippen molar-refractivity contribution in [2.24, 2.45) is 0 Å². The molecule has 9 nitrogen and oxygen atoms in total. The minimum absolute atomic E-state index is 0.202. The fourth-order valence-corrected chi connectivity index (χ4v) is 3.09. The molecular formula is C23H24N4O5. The van der Waals surface area contributed by atoms with Crippen LogP contribution in [0.15, 0.2) is 53.3 Å². The Morgan fingerprint density at radius 2 is 1.78 bits per heavy atom. The van der Waals surface area contributed by atoms with Crippen molar-refractivity contribution in [3.05, 3.63) is 70.3 Å². The molecule has 0 spiro atoms. The van der Waals surface area contributed by atoms with Gasteiger partial charge in [-0.1, -0.05) is 25.5 Å². The smallest absolute Gasteiger partial charge is 0.338 e. The van der Waals surface area contributed by atoms with Gasteiger partial charge >= 0.3 is 12.0 Å². The first-order chi connectivity index (χ1) is 15.4. The Bertz CT molecular complexity index is 1200. The molecule has 3 amide bonds. The summed E-state index contributed by atoms with van der Waals surface area (Å²) >= 11 is 0. The molecule has 3 rings (SSSR count). The minimum Gasteiger partial charge on any atom is -0.452 e. The lowest BCUT2D eigenvalue weighted by Gasteiger charge is -2.11. The number of carbonyl (C=O) groups excluding carboxylic acids is 3. The summed E-state index contributed by atoms with van der Waals surface area (Å²) < 4.78 is 6.42. The lowest BCUT2D eigenvalue weighted by molar-refractivity contribution is -0.123. The fourth-order valence-electron chi connectivity index (χ4n) is 3.09. The van der Waals surface area contributed by atoms with Crippen molar-refractivity contribution < 1.29 is 19.1 Å². The number of carbonyl (C=O) groups is 3. The van der Waals surface area contributed by atoms with Crippen LogP contribution in [0, 0.1) is 6.92 Å². The second-order valence-electron chi connectivity index (χ2n) is 7.10. The molecule has 2 aromatic carbocycles. The van der Waals surface area contributed by atoms with E-state index in [0.29, 0.717) is 29.0 Å². The van der Waals surface area contributed by atoms with E-state index in [4.69, 9.17) is 4.74 Å². The number of benzene rings is 2. The predicted molar refractivity (Wildman–Crippen MR) is 119 cm³/mol. The van der Waals surface area contributed by atoms with Crippen LogP contribution in [0.2, 0.25) is 0 Å². The Kier molecular flexibility index (Phi) is 7.33. The van der Waals surface area contributed by atoms with E-state index in [2.05, 4.69) is 15.6 Å². The number of nitrogens with one attached hydrogen (secondary N) is 2. The van der Waals surface area contributed by atoms with Crippen LogP contribution < -0.4 is 16.2 Å². The number of unbranched alkanes of at least 4 members (excludes halogenated alkanes) is 1. The summed E-state index contributed by atoms with van der Waals surface area (Å²) in [6.07, 6.45) is 1.71. The molecule has 0 unspecified atom stereocenters. The van der Waals surface area contributed by atoms with Gasteiger partial charge in [0.1, 0.15) is 5.82 Å². The number of amides is 3. The SMILES string of the molecule is CCCCNC(=O)NC(=O)COC(=O)c1ccc(-n2c(C)nc3ccccc3c2=O)cc1. The number of para-hydroxylation sites is 1. The molecule has 0 radical (unpaired) electrons. The number of fused-ring (bicyclic) bond motifs is 1. The highest BCUT2D eigenvalue weighted by Gasteiger charge is 2.14. The minimum atomic E-state index is -0.728. The average Bonchev–Trinajstić information content (AvgIpc) is 2.78. The molecule has 9 heteroatoms. The molecule has 0 aliphatic rings. The molecule has 0 bridgehead atoms. The molecule has 1 aromatic heterocycles. The Balaban J connectivity index is 1.64. The summed E-state index contributed by atoms with van der Waals surface area (Å²) in [6, 6.07) is 12.6. The van der Waals surface area contributed by atoms with Gasteiger partial charge in [0.2, 0.25) is 0 Å². The molecule has 166 valence electrons. The molecule has 0 aliphatic carbocycles. The van der Waals surface area contributed by atoms with Gasteiger partial charge in [0.05, 0.1) is 22.2 Å². The maximum absolute atomic E-state index is 12.9. The number of nitrogens with zero attached hydrogens (tertiary/aromatic N) is 2. The number of rotatable bonds is 7. The second-order valence-corrected chi connectivity index (χ2v) is 7.10. The summed E-state index contributed by atoms with van der Waals surface area (Å²) in [5.74, 6) is -0.940. The molecule has 0 atom stereocenters. The first kappa shape index (κ1) is 22.7. The van der Waals surface area contributed by atoms with E-state index in [1.807, 2.05) is 13.0 Å². The highest BCUT2D eigenvalue weighted by molar-refractivity contribution is 5.97. The number of hydrogen-bond acceptors (Lipinski definition) is 6. The van der Waals surface area contributed by atoms with Crippen LogP contribution in [0.4, 0.5) is 4.79 Å². The summed E-state index contributed by atoms with van der Waals surface area (Å²) in [6.45, 7) is 3.58. The third kappa shape index (κ3) is 5.37. The van der Waals surface area contributed by atoms with Crippen molar-refractivity contribution in [1.82, 2.24) is 20.2 Å². The zero-order valence-electron chi connectivity index (χ0n) is 17.9. The topological polar surface area (TPSA) is 119 Å². The van der Waals surface area contributed by atoms with Crippen LogP contribution in [0.25, 0.3) is 16.6 Å². The van der Waals surface area contributed by atoms with E-state index in [1.54, 1.807) is 37.3 Å². The monoisotopic (exact) mass is 436 g/mol. The molecule has 3 aromatic rings. The van der Waals surface area contributed by atoms with Gasteiger partial charge in [-0.05, 0) is 49.7 Å². The first-order valence-electron chi connectivity index (χ1n) is 10.2. The lowest BCUT2D eigenvalue weighted by atomic mass is 10.2. The highest BCUT2D eigenvalue weighted by Crippen LogP contribution is 2.14. The highest BCUT2D eigenvalue weighted by atomic mass is 16.5. The van der Waals surface area contributed by atoms with E-state index in [-0.39, 0.29) is 11.1 Å². The maximum atomic E-state index is 12.9. The van der Waals surface area contributed by atoms with Gasteiger partial charge < -0.3 is 10.1 Å². The van der Waals surface area contributed by atoms with Crippen molar-refractivity contribution >= 4 is 28.8 Å². The van der Waals surface area contributed by atoms with Gasteiger partial charge in [-0.15, -0.1) is 0 Å². The molecule has 0 aliphatic heterocycles. The molecule has 1 heterocycles. The largest absolute Gasteiger partial charge is 0.452 e. The average molecular weight is 436 g/mol. The van der Waals surface area contributed by atoms with E-state index >= 15 is 0 Å². The third-order valence-electron chi connectivity index (χ3n) is 4.71. The zero-order valence-corrected chi connectivity index (χ0v) is 17.9. The number of esters is 1. The normalized spacial score (nSPS) is 10.6. The van der Waals surface area contributed by atoms with Crippen LogP contribution in [0.3, 0.4) is 0 Å². The van der Waals surface area contributed by atoms with E-state index < -0.39 is 24.5 Å². The van der Waals surface area contributed by atoms with Gasteiger partial charge in [0.25, 0.3) is 11.5 Å². The Hall–Kier alpha value is -4.01. The van der Waals surface area contributed by atoms with Crippen molar-refractivity contribution in [3.63, 3.8) is 0 Å². The Labute approximate surface area is 184 Å². The van der Waals surface area contributed by atoms with Crippen molar-refractivity contribution in [2.45, 2.75) is 26.7 Å². The first-order valence-corrected chi connectivity index (χ1v) is 10.2. The van der Waals surface area contributed by atoms with Crippen molar-refractivity contribution in [3.8, 4) is 5.69 Å². The third-order valence-corrected chi connectivity index (χ3v) is 4.71. The standard InChI is InChI=1S/C23H24N4O5/c1-3-4-13-24-23(31)26-20(28)14-32-22(30)16-9-11-17(12-10-16)27-15(2)25-19-8-6-5-7-18(19)21(27)29/h5-12H,3-4,13-14H2,1-2H3,(H2,24,26,28,31). The van der Waals surface area contributed by atoms with Crippen LogP contribution in [-0.4, -0.2) is 40.6 Å². The summed E-state index contributed by atoms with van der Waals surface area (Å²) in [7, 11) is 0. The number of hydrogen-bond donors (Lipinski definition) is 2. The van der Waals surface area contributed by atoms with Gasteiger partial charge in [-0.25, -0.2) is 14.6 Å². The Morgan fingerprint density at radius 1 is 1.06 bits per heavy atom. The van der Waals surface area contributed by atoms with Gasteiger partial charge in [-0.3, -0.25) is 19.5 Å². The molecule has 32 heavy (non-hydrogen) atoms. The van der Waals surface area contributed by atoms with E-state index in [1.165, 1.54) is 16.7 Å². The summed E-state index contributed by atoms with van der Waals surface area (Å²) in [4.78, 5) is 52.8. The summed E-state index contributed by atoms with van der Waals surface area (Å²) in [5, 5.41) is 5.12. The summed E-state index contributed by atoms with van der Waals surface area (Å²) in [5.41, 5.74) is 1.15. The quantitative estimate of drug-likeness (QED) is 0.434. The van der Waals surface area contributed by atoms with Crippen LogP contribution in [0.5, 0.6) is 0 Å². The maximum Gasteiger partial charge on any atom is 0.338 e. The zero-order chi connectivity index (χ0) is 23.1. The van der Waals surface area contributed by atoms with Crippen molar-refractivity contribution in [2.75, 3.05) is 13.2 Å². The molecule has 2 N–H and O–H groups in total. The Morgan fingerprint density at radius 3 is 2.50 bits per heavy atom. The van der Waals surface area contributed by atoms with Crippen LogP contribution in [-0.2, 0) is 9.53 Å². The van der Waals surface area contributed by atoms with Gasteiger partial charge in [0, 0.05) is 6.54 Å². The number of aryl methyl sites for hydroxylation is 1. The number of imide groups is 1. The van der Waals surface area contributed by atoms with Crippen LogP contribution in [0.1, 0.15) is 35.9 Å². The second kappa shape index (κ2) is 10.3. The fraction of sp³-hybridized carbons (Fsp3) is 0.261. The lowest BCUT2D eigenvalue weighted by Crippen LogP contribution is -2.41. The number of ether oxygens (including phenoxy) is 1. The molecule has 0 fully saturated rings. The van der Waals surface area contributed by atoms with Gasteiger partial charge in [-0.2, -0.15) is 0 Å². The number of urea groups is 1. The molecular weight excluding hydrogens is 412 g/mol.